The van der Waals surface area contributed by atoms with Crippen LogP contribution < -0.4 is 10.6 Å². The molecule has 0 bridgehead atoms. The first-order valence-electron chi connectivity index (χ1n) is 9.64. The number of hydrogen-bond donors (Lipinski definition) is 2. The van der Waals surface area contributed by atoms with Crippen molar-refractivity contribution in [3.63, 3.8) is 0 Å². The van der Waals surface area contributed by atoms with Gasteiger partial charge in [-0.2, -0.15) is 0 Å². The van der Waals surface area contributed by atoms with Crippen LogP contribution in [0.3, 0.4) is 0 Å². The Bertz CT molecular complexity index is 1430. The number of fused-ring (bicyclic) bond motifs is 1. The van der Waals surface area contributed by atoms with Crippen molar-refractivity contribution in [2.24, 2.45) is 0 Å². The van der Waals surface area contributed by atoms with Gasteiger partial charge in [0.2, 0.25) is 5.89 Å². The van der Waals surface area contributed by atoms with Gasteiger partial charge in [0, 0.05) is 34.2 Å². The molecule has 2 amide bonds. The Morgan fingerprint density at radius 3 is 2.61 bits per heavy atom. The van der Waals surface area contributed by atoms with Crippen LogP contribution in [-0.2, 0) is 0 Å². The molecular formula is C22H14ClN7O2S. The van der Waals surface area contributed by atoms with E-state index in [0.29, 0.717) is 38.1 Å². The van der Waals surface area contributed by atoms with Crippen molar-refractivity contribution in [1.29, 1.82) is 0 Å². The van der Waals surface area contributed by atoms with Crippen molar-refractivity contribution < 1.29 is 9.21 Å². The van der Waals surface area contributed by atoms with Gasteiger partial charge in [0.05, 0.1) is 11.1 Å². The van der Waals surface area contributed by atoms with Gasteiger partial charge < -0.3 is 15.1 Å². The molecule has 5 aromatic rings. The lowest BCUT2D eigenvalue weighted by atomic mass is 10.2. The van der Waals surface area contributed by atoms with Crippen LogP contribution in [0.1, 0.15) is 0 Å². The molecule has 162 valence electrons. The molecule has 0 unspecified atom stereocenters. The van der Waals surface area contributed by atoms with E-state index < -0.39 is 0 Å². The Labute approximate surface area is 196 Å². The fourth-order valence-electron chi connectivity index (χ4n) is 2.96. The SMILES string of the molecule is O=C(Nc1ccc(Cl)cc1)Nc1ccc2ncnc(Sc3nnc(-c4cccnc4)o3)c2c1. The third kappa shape index (κ3) is 4.92. The van der Waals surface area contributed by atoms with Gasteiger partial charge in [-0.25, -0.2) is 14.8 Å². The summed E-state index contributed by atoms with van der Waals surface area (Å²) in [6, 6.07) is 15.4. The van der Waals surface area contributed by atoms with Gasteiger partial charge in [-0.05, 0) is 66.4 Å². The van der Waals surface area contributed by atoms with Crippen molar-refractivity contribution in [3.05, 3.63) is 78.3 Å². The molecule has 0 spiro atoms. The van der Waals surface area contributed by atoms with E-state index in [4.69, 9.17) is 16.0 Å². The van der Waals surface area contributed by atoms with Gasteiger partial charge in [-0.3, -0.25) is 4.98 Å². The van der Waals surface area contributed by atoms with Crippen LogP contribution >= 0.6 is 23.4 Å². The Kier molecular flexibility index (Phi) is 5.83. The molecule has 0 fully saturated rings. The fraction of sp³-hybridized carbons (Fsp3) is 0. The van der Waals surface area contributed by atoms with Gasteiger partial charge in [-0.15, -0.1) is 10.2 Å². The van der Waals surface area contributed by atoms with E-state index >= 15 is 0 Å². The number of carbonyl (C=O) groups is 1. The maximum absolute atomic E-state index is 12.4. The number of nitrogens with zero attached hydrogens (tertiary/aromatic N) is 5. The number of halogens is 1. The third-order valence-electron chi connectivity index (χ3n) is 4.46. The lowest BCUT2D eigenvalue weighted by Crippen LogP contribution is -2.19. The normalized spacial score (nSPS) is 10.8. The van der Waals surface area contributed by atoms with Crippen molar-refractivity contribution in [2.75, 3.05) is 10.6 Å². The molecule has 0 aliphatic rings. The molecule has 11 heteroatoms. The summed E-state index contributed by atoms with van der Waals surface area (Å²) in [6.07, 6.45) is 4.78. The van der Waals surface area contributed by atoms with E-state index in [2.05, 4.69) is 35.8 Å². The van der Waals surface area contributed by atoms with Gasteiger partial charge in [0.1, 0.15) is 11.4 Å². The molecule has 0 aliphatic carbocycles. The number of aromatic nitrogens is 5. The minimum absolute atomic E-state index is 0.327. The zero-order valence-electron chi connectivity index (χ0n) is 16.8. The summed E-state index contributed by atoms with van der Waals surface area (Å²) in [4.78, 5) is 25.1. The number of benzene rings is 2. The quantitative estimate of drug-likeness (QED) is 0.319. The third-order valence-corrected chi connectivity index (χ3v) is 5.57. The molecule has 0 saturated carbocycles. The first kappa shape index (κ1) is 20.9. The van der Waals surface area contributed by atoms with Crippen LogP contribution in [-0.4, -0.2) is 31.2 Å². The van der Waals surface area contributed by atoms with Crippen LogP contribution in [0, 0.1) is 0 Å². The first-order chi connectivity index (χ1) is 16.1. The van der Waals surface area contributed by atoms with Crippen molar-refractivity contribution >= 4 is 51.7 Å². The minimum atomic E-state index is -0.388. The van der Waals surface area contributed by atoms with Crippen molar-refractivity contribution in [2.45, 2.75) is 10.2 Å². The van der Waals surface area contributed by atoms with Gasteiger partial charge in [0.15, 0.2) is 0 Å². The molecule has 0 aliphatic heterocycles. The average molecular weight is 476 g/mol. The number of hydrogen-bond acceptors (Lipinski definition) is 8. The summed E-state index contributed by atoms with van der Waals surface area (Å²) in [5.41, 5.74) is 2.64. The Balaban J connectivity index is 1.35. The van der Waals surface area contributed by atoms with E-state index in [1.165, 1.54) is 18.1 Å². The van der Waals surface area contributed by atoms with Gasteiger partial charge in [-0.1, -0.05) is 11.6 Å². The van der Waals surface area contributed by atoms with Crippen molar-refractivity contribution in [3.8, 4) is 11.5 Å². The molecule has 9 nitrogen and oxygen atoms in total. The second-order valence-electron chi connectivity index (χ2n) is 6.71. The van der Waals surface area contributed by atoms with Crippen LogP contribution in [0.25, 0.3) is 22.4 Å². The molecular weight excluding hydrogens is 462 g/mol. The number of amides is 2. The van der Waals surface area contributed by atoms with E-state index in [-0.39, 0.29) is 6.03 Å². The highest BCUT2D eigenvalue weighted by Crippen LogP contribution is 2.33. The molecule has 2 N–H and O–H groups in total. The largest absolute Gasteiger partial charge is 0.411 e. The molecule has 0 saturated heterocycles. The molecule has 33 heavy (non-hydrogen) atoms. The number of urea groups is 1. The summed E-state index contributed by atoms with van der Waals surface area (Å²) in [7, 11) is 0. The Morgan fingerprint density at radius 2 is 1.79 bits per heavy atom. The molecule has 2 aromatic carbocycles. The van der Waals surface area contributed by atoms with Crippen LogP contribution in [0.15, 0.2) is 88.0 Å². The maximum Gasteiger partial charge on any atom is 0.323 e. The summed E-state index contributed by atoms with van der Waals surface area (Å²) in [5.74, 6) is 0.366. The smallest absolute Gasteiger partial charge is 0.323 e. The second-order valence-corrected chi connectivity index (χ2v) is 8.09. The van der Waals surface area contributed by atoms with Gasteiger partial charge >= 0.3 is 6.03 Å². The highest BCUT2D eigenvalue weighted by molar-refractivity contribution is 7.99. The predicted molar refractivity (Wildman–Crippen MR) is 125 cm³/mol. The van der Waals surface area contributed by atoms with Crippen LogP contribution in [0.4, 0.5) is 16.2 Å². The van der Waals surface area contributed by atoms with Crippen LogP contribution in [0.2, 0.25) is 5.02 Å². The maximum atomic E-state index is 12.4. The Hall–Kier alpha value is -4.02. The second kappa shape index (κ2) is 9.23. The van der Waals surface area contributed by atoms with E-state index in [1.54, 1.807) is 60.9 Å². The fourth-order valence-corrected chi connectivity index (χ4v) is 3.83. The standard InChI is InChI=1S/C22H14ClN7O2S/c23-14-3-5-15(6-4-14)27-21(31)28-16-7-8-18-17(10-16)20(26-12-25-18)33-22-30-29-19(32-22)13-2-1-9-24-11-13/h1-12H,(H2,27,28,31). The van der Waals surface area contributed by atoms with Crippen LogP contribution in [0.5, 0.6) is 0 Å². The molecule has 5 rings (SSSR count). The highest BCUT2D eigenvalue weighted by atomic mass is 35.5. The molecule has 0 atom stereocenters. The summed E-state index contributed by atoms with van der Waals surface area (Å²) >= 11 is 7.09. The summed E-state index contributed by atoms with van der Waals surface area (Å²) < 4.78 is 5.74. The topological polar surface area (TPSA) is 119 Å². The number of anilines is 2. The number of pyridine rings is 1. The van der Waals surface area contributed by atoms with E-state index in [1.807, 2.05) is 6.07 Å². The van der Waals surface area contributed by atoms with Gasteiger partial charge in [0.25, 0.3) is 5.22 Å². The Morgan fingerprint density at radius 1 is 0.970 bits per heavy atom. The highest BCUT2D eigenvalue weighted by Gasteiger charge is 2.14. The minimum Gasteiger partial charge on any atom is -0.411 e. The number of carbonyl (C=O) groups excluding carboxylic acids is 1. The zero-order valence-corrected chi connectivity index (χ0v) is 18.3. The molecule has 3 aromatic heterocycles. The van der Waals surface area contributed by atoms with E-state index in [9.17, 15) is 4.79 Å². The summed E-state index contributed by atoms with van der Waals surface area (Å²) in [6.45, 7) is 0. The average Bonchev–Trinajstić information content (AvgIpc) is 3.30. The zero-order chi connectivity index (χ0) is 22.6. The van der Waals surface area contributed by atoms with Crippen molar-refractivity contribution in [1.82, 2.24) is 25.1 Å². The number of rotatable bonds is 5. The first-order valence-corrected chi connectivity index (χ1v) is 10.8. The number of nitrogens with one attached hydrogen (secondary N) is 2. The van der Waals surface area contributed by atoms with E-state index in [0.717, 1.165) is 10.9 Å². The lowest BCUT2D eigenvalue weighted by molar-refractivity contribution is 0.262. The summed E-state index contributed by atoms with van der Waals surface area (Å²) in [5, 5.41) is 16.0. The molecule has 0 radical (unpaired) electrons. The lowest BCUT2D eigenvalue weighted by Gasteiger charge is -2.09. The monoisotopic (exact) mass is 475 g/mol. The predicted octanol–water partition coefficient (Wildman–Crippen LogP) is 5.52. The molecule has 3 heterocycles.